The molecule has 5 nitrogen and oxygen atoms in total. The fourth-order valence-corrected chi connectivity index (χ4v) is 2.16. The van der Waals surface area contributed by atoms with Crippen molar-refractivity contribution in [2.75, 3.05) is 11.9 Å². The number of benzene rings is 2. The van der Waals surface area contributed by atoms with E-state index in [-0.39, 0.29) is 18.3 Å². The van der Waals surface area contributed by atoms with Gasteiger partial charge in [-0.15, -0.1) is 0 Å². The van der Waals surface area contributed by atoms with E-state index in [4.69, 9.17) is 9.47 Å². The van der Waals surface area contributed by atoms with Gasteiger partial charge in [-0.3, -0.25) is 4.79 Å². The lowest BCUT2D eigenvalue weighted by molar-refractivity contribution is -0.122. The first-order chi connectivity index (χ1) is 12.0. The van der Waals surface area contributed by atoms with Gasteiger partial charge in [0.1, 0.15) is 11.6 Å². The highest BCUT2D eigenvalue weighted by molar-refractivity contribution is 5.96. The van der Waals surface area contributed by atoms with Crippen molar-refractivity contribution < 1.29 is 23.5 Å². The van der Waals surface area contributed by atoms with Crippen molar-refractivity contribution in [2.45, 2.75) is 26.4 Å². The van der Waals surface area contributed by atoms with Gasteiger partial charge in [0, 0.05) is 5.69 Å². The van der Waals surface area contributed by atoms with Crippen molar-refractivity contribution in [3.8, 4) is 5.75 Å². The number of amides is 1. The Morgan fingerprint density at radius 2 is 1.84 bits per heavy atom. The molecule has 0 radical (unpaired) electrons. The van der Waals surface area contributed by atoms with E-state index in [1.165, 1.54) is 24.3 Å². The summed E-state index contributed by atoms with van der Waals surface area (Å²) in [5.74, 6) is -0.773. The first-order valence-corrected chi connectivity index (χ1v) is 8.03. The van der Waals surface area contributed by atoms with Crippen LogP contribution in [-0.2, 0) is 9.53 Å². The van der Waals surface area contributed by atoms with E-state index >= 15 is 0 Å². The van der Waals surface area contributed by atoms with Crippen LogP contribution >= 0.6 is 0 Å². The van der Waals surface area contributed by atoms with Crippen molar-refractivity contribution in [3.05, 3.63) is 59.9 Å². The summed E-state index contributed by atoms with van der Waals surface area (Å²) in [6, 6.07) is 11.9. The minimum Gasteiger partial charge on any atom is -0.481 e. The number of anilines is 1. The second kappa shape index (κ2) is 8.82. The fraction of sp³-hybridized carbons (Fsp3) is 0.263. The van der Waals surface area contributed by atoms with Crippen molar-refractivity contribution in [1.29, 1.82) is 0 Å². The van der Waals surface area contributed by atoms with Crippen LogP contribution in [0, 0.1) is 5.82 Å². The van der Waals surface area contributed by atoms with Gasteiger partial charge in [0.05, 0.1) is 12.2 Å². The monoisotopic (exact) mass is 345 g/mol. The minimum absolute atomic E-state index is 0.277. The van der Waals surface area contributed by atoms with E-state index in [2.05, 4.69) is 5.32 Å². The van der Waals surface area contributed by atoms with Crippen molar-refractivity contribution in [3.63, 3.8) is 0 Å². The molecule has 25 heavy (non-hydrogen) atoms. The highest BCUT2D eigenvalue weighted by Crippen LogP contribution is 2.17. The average molecular weight is 345 g/mol. The third-order valence-electron chi connectivity index (χ3n) is 3.40. The Bertz CT molecular complexity index is 730. The Balaban J connectivity index is 2.05. The van der Waals surface area contributed by atoms with E-state index in [9.17, 15) is 14.0 Å². The van der Waals surface area contributed by atoms with Crippen LogP contribution in [0.25, 0.3) is 0 Å². The SMILES string of the molecule is CCOC(=O)c1cccc(NC(=O)[C@H](CC)Oc2ccc(F)cc2)c1. The number of carbonyl (C=O) groups is 2. The van der Waals surface area contributed by atoms with Crippen LogP contribution in [0.5, 0.6) is 5.75 Å². The van der Waals surface area contributed by atoms with Gasteiger partial charge in [-0.05, 0) is 55.8 Å². The number of halogens is 1. The number of carbonyl (C=O) groups excluding carboxylic acids is 2. The molecule has 0 bridgehead atoms. The largest absolute Gasteiger partial charge is 0.481 e. The first-order valence-electron chi connectivity index (χ1n) is 8.03. The maximum Gasteiger partial charge on any atom is 0.338 e. The second-order valence-electron chi connectivity index (χ2n) is 5.26. The standard InChI is InChI=1S/C19H20FNO4/c1-3-17(25-16-10-8-14(20)9-11-16)18(22)21-15-7-5-6-13(12-15)19(23)24-4-2/h5-12,17H,3-4H2,1-2H3,(H,21,22)/t17-/m0/s1. The molecule has 132 valence electrons. The highest BCUT2D eigenvalue weighted by Gasteiger charge is 2.19. The molecule has 0 aromatic heterocycles. The molecule has 0 heterocycles. The maximum atomic E-state index is 12.9. The number of hydrogen-bond donors (Lipinski definition) is 1. The number of rotatable bonds is 7. The Kier molecular flexibility index (Phi) is 6.51. The number of ether oxygens (including phenoxy) is 2. The smallest absolute Gasteiger partial charge is 0.338 e. The molecule has 1 atom stereocenters. The van der Waals surface area contributed by atoms with Gasteiger partial charge in [-0.1, -0.05) is 13.0 Å². The van der Waals surface area contributed by atoms with Crippen LogP contribution in [0.1, 0.15) is 30.6 Å². The summed E-state index contributed by atoms with van der Waals surface area (Å²) in [6.07, 6.45) is -0.308. The number of esters is 1. The van der Waals surface area contributed by atoms with Gasteiger partial charge in [-0.2, -0.15) is 0 Å². The number of hydrogen-bond acceptors (Lipinski definition) is 4. The summed E-state index contributed by atoms with van der Waals surface area (Å²) < 4.78 is 23.5. The van der Waals surface area contributed by atoms with E-state index < -0.39 is 12.1 Å². The Hall–Kier alpha value is -2.89. The van der Waals surface area contributed by atoms with E-state index in [1.54, 1.807) is 31.2 Å². The molecule has 0 aliphatic carbocycles. The molecule has 0 unspecified atom stereocenters. The van der Waals surface area contributed by atoms with Crippen LogP contribution in [-0.4, -0.2) is 24.6 Å². The Morgan fingerprint density at radius 1 is 1.12 bits per heavy atom. The lowest BCUT2D eigenvalue weighted by atomic mass is 10.2. The molecule has 0 saturated heterocycles. The molecule has 0 aliphatic rings. The van der Waals surface area contributed by atoms with Crippen LogP contribution in [0.4, 0.5) is 10.1 Å². The van der Waals surface area contributed by atoms with Gasteiger partial charge in [0.2, 0.25) is 0 Å². The molecule has 0 aliphatic heterocycles. The second-order valence-corrected chi connectivity index (χ2v) is 5.26. The fourth-order valence-electron chi connectivity index (χ4n) is 2.16. The average Bonchev–Trinajstić information content (AvgIpc) is 2.61. The Morgan fingerprint density at radius 3 is 2.48 bits per heavy atom. The minimum atomic E-state index is -0.739. The molecule has 6 heteroatoms. The van der Waals surface area contributed by atoms with Crippen LogP contribution in [0.3, 0.4) is 0 Å². The van der Waals surface area contributed by atoms with E-state index in [0.717, 1.165) is 0 Å². The van der Waals surface area contributed by atoms with Crippen LogP contribution < -0.4 is 10.1 Å². The lowest BCUT2D eigenvalue weighted by Gasteiger charge is -2.17. The molecule has 2 rings (SSSR count). The number of nitrogens with one attached hydrogen (secondary N) is 1. The van der Waals surface area contributed by atoms with Gasteiger partial charge >= 0.3 is 5.97 Å². The van der Waals surface area contributed by atoms with Crippen molar-refractivity contribution >= 4 is 17.6 Å². The summed E-state index contributed by atoms with van der Waals surface area (Å²) in [7, 11) is 0. The molecular weight excluding hydrogens is 325 g/mol. The molecule has 0 spiro atoms. The summed E-state index contributed by atoms with van der Waals surface area (Å²) >= 11 is 0. The molecular formula is C19H20FNO4. The third kappa shape index (κ3) is 5.31. The molecule has 2 aromatic carbocycles. The highest BCUT2D eigenvalue weighted by atomic mass is 19.1. The zero-order valence-electron chi connectivity index (χ0n) is 14.1. The van der Waals surface area contributed by atoms with Gasteiger partial charge in [-0.25, -0.2) is 9.18 Å². The molecule has 1 N–H and O–H groups in total. The normalized spacial score (nSPS) is 11.5. The topological polar surface area (TPSA) is 64.6 Å². The predicted molar refractivity (Wildman–Crippen MR) is 92.1 cm³/mol. The molecule has 0 fully saturated rings. The van der Waals surface area contributed by atoms with Crippen LogP contribution in [0.2, 0.25) is 0 Å². The van der Waals surface area contributed by atoms with E-state index in [0.29, 0.717) is 23.4 Å². The Labute approximate surface area is 145 Å². The van der Waals surface area contributed by atoms with Gasteiger partial charge in [0.15, 0.2) is 6.10 Å². The van der Waals surface area contributed by atoms with E-state index in [1.807, 2.05) is 6.92 Å². The quantitative estimate of drug-likeness (QED) is 0.775. The predicted octanol–water partition coefficient (Wildman–Crippen LogP) is 3.80. The first kappa shape index (κ1) is 18.4. The van der Waals surface area contributed by atoms with Crippen LogP contribution in [0.15, 0.2) is 48.5 Å². The summed E-state index contributed by atoms with van der Waals surface area (Å²) in [4.78, 5) is 24.1. The summed E-state index contributed by atoms with van der Waals surface area (Å²) in [5.41, 5.74) is 0.823. The summed E-state index contributed by atoms with van der Waals surface area (Å²) in [6.45, 7) is 3.81. The third-order valence-corrected chi connectivity index (χ3v) is 3.40. The maximum absolute atomic E-state index is 12.9. The summed E-state index contributed by atoms with van der Waals surface area (Å²) in [5, 5.41) is 2.72. The zero-order valence-corrected chi connectivity index (χ0v) is 14.1. The van der Waals surface area contributed by atoms with Gasteiger partial charge < -0.3 is 14.8 Å². The zero-order chi connectivity index (χ0) is 18.2. The molecule has 0 saturated carbocycles. The molecule has 2 aromatic rings. The van der Waals surface area contributed by atoms with Crippen molar-refractivity contribution in [1.82, 2.24) is 0 Å². The van der Waals surface area contributed by atoms with Gasteiger partial charge in [0.25, 0.3) is 5.91 Å². The lowest BCUT2D eigenvalue weighted by Crippen LogP contribution is -2.32. The molecule has 1 amide bonds. The van der Waals surface area contributed by atoms with Crippen molar-refractivity contribution in [2.24, 2.45) is 0 Å².